The van der Waals surface area contributed by atoms with Crippen LogP contribution >= 0.6 is 7.74 Å². The van der Waals surface area contributed by atoms with Gasteiger partial charge in [0.05, 0.1) is 0 Å². The molecule has 0 aromatic rings. The Morgan fingerprint density at radius 2 is 1.00 bits per heavy atom. The first kappa shape index (κ1) is 23.2. The molecular weight excluding hydrogens is 367 g/mol. The number of rotatable bonds is 10. The summed E-state index contributed by atoms with van der Waals surface area (Å²) in [6.07, 6.45) is 0. The summed E-state index contributed by atoms with van der Waals surface area (Å²) in [7, 11) is -4.74. The van der Waals surface area contributed by atoms with Crippen LogP contribution in [0.3, 0.4) is 0 Å². The quantitative estimate of drug-likeness (QED) is 0.406. The van der Waals surface area contributed by atoms with Gasteiger partial charge in [-0.3, -0.25) is 0 Å². The van der Waals surface area contributed by atoms with E-state index in [1.165, 1.54) is 13.8 Å². The Kier molecular flexibility index (Phi) is 7.55. The summed E-state index contributed by atoms with van der Waals surface area (Å²) >= 11 is 0. The zero-order valence-electron chi connectivity index (χ0n) is 16.7. The molecule has 0 bridgehead atoms. The molecule has 1 rings (SSSR count). The molecule has 0 aromatic carbocycles. The van der Waals surface area contributed by atoms with E-state index in [0.717, 1.165) is 0 Å². The molecule has 10 heteroatoms. The zero-order valence-corrected chi connectivity index (χ0v) is 17.6. The second-order valence-electron chi connectivity index (χ2n) is 5.69. The van der Waals surface area contributed by atoms with Crippen molar-refractivity contribution in [3.63, 3.8) is 0 Å². The fourth-order valence-electron chi connectivity index (χ4n) is 2.69. The molecule has 0 amide bonds. The van der Waals surface area contributed by atoms with Gasteiger partial charge in [-0.15, -0.1) is 0 Å². The minimum absolute atomic E-state index is 0.0878. The van der Waals surface area contributed by atoms with Crippen molar-refractivity contribution in [2.24, 2.45) is 0 Å². The first-order chi connectivity index (χ1) is 12.1. The van der Waals surface area contributed by atoms with Crippen LogP contribution in [0.4, 0.5) is 0 Å². The Bertz CT molecular complexity index is 470. The third-order valence-corrected chi connectivity index (χ3v) is 7.29. The van der Waals surface area contributed by atoms with Crippen LogP contribution in [-0.2, 0) is 41.7 Å². The molecule has 26 heavy (non-hydrogen) atoms. The van der Waals surface area contributed by atoms with E-state index in [-0.39, 0.29) is 33.0 Å². The van der Waals surface area contributed by atoms with Crippen LogP contribution in [0.15, 0.2) is 0 Å². The van der Waals surface area contributed by atoms with E-state index in [0.29, 0.717) is 0 Å². The predicted octanol–water partition coefficient (Wildman–Crippen LogP) is 2.91. The summed E-state index contributed by atoms with van der Waals surface area (Å²) in [5.41, 5.74) is -3.79. The van der Waals surface area contributed by atoms with Gasteiger partial charge in [-0.05, 0) is 0 Å². The van der Waals surface area contributed by atoms with Crippen molar-refractivity contribution in [3.8, 4) is 0 Å². The fraction of sp³-hybridized carbons (Fsp3) is 0.875. The standard InChI is InChI=1S/C16H31O9P/c1-8-19-13(17)15(6)16(7,14(18)20-9-2)25-26(24-15,21-10-3,22-11-4)23-12-5/h8-12H2,1-7H3. The number of esters is 2. The van der Waals surface area contributed by atoms with Gasteiger partial charge < -0.3 is 0 Å². The van der Waals surface area contributed by atoms with Gasteiger partial charge in [0.25, 0.3) is 0 Å². The monoisotopic (exact) mass is 398 g/mol. The van der Waals surface area contributed by atoms with Gasteiger partial charge in [-0.1, -0.05) is 0 Å². The molecule has 154 valence electrons. The average Bonchev–Trinajstić information content (AvgIpc) is 2.76. The molecule has 9 nitrogen and oxygen atoms in total. The van der Waals surface area contributed by atoms with E-state index in [1.807, 2.05) is 0 Å². The van der Waals surface area contributed by atoms with Crippen LogP contribution in [0.5, 0.6) is 0 Å². The molecule has 0 saturated carbocycles. The number of ether oxygens (including phenoxy) is 2. The molecule has 0 spiro atoms. The number of hydrogen-bond donors (Lipinski definition) is 0. The minimum atomic E-state index is -4.74. The van der Waals surface area contributed by atoms with Gasteiger partial charge in [-0.25, -0.2) is 0 Å². The molecule has 0 aliphatic carbocycles. The number of carbonyl (C=O) groups excluding carboxylic acids is 2. The fourth-order valence-corrected chi connectivity index (χ4v) is 6.23. The van der Waals surface area contributed by atoms with E-state index < -0.39 is 30.9 Å². The van der Waals surface area contributed by atoms with E-state index in [4.69, 9.17) is 32.1 Å². The van der Waals surface area contributed by atoms with Crippen molar-refractivity contribution in [3.05, 3.63) is 0 Å². The van der Waals surface area contributed by atoms with Crippen LogP contribution in [0.25, 0.3) is 0 Å². The second-order valence-corrected chi connectivity index (χ2v) is 8.32. The molecule has 1 saturated heterocycles. The third kappa shape index (κ3) is 3.74. The molecule has 1 aliphatic rings. The van der Waals surface area contributed by atoms with Crippen LogP contribution < -0.4 is 0 Å². The van der Waals surface area contributed by atoms with Crippen molar-refractivity contribution < 1.29 is 41.7 Å². The summed E-state index contributed by atoms with van der Waals surface area (Å²) in [5, 5.41) is 0. The molecule has 2 unspecified atom stereocenters. The number of carbonyl (C=O) groups is 2. The summed E-state index contributed by atoms with van der Waals surface area (Å²) in [6, 6.07) is 0. The SMILES string of the molecule is CCOC(=O)C1(C)OP(OCC)(OCC)(OCC)OC1(C)C(=O)OCC. The Balaban J connectivity index is 3.60. The van der Waals surface area contributed by atoms with Crippen molar-refractivity contribution >= 4 is 19.7 Å². The maximum atomic E-state index is 12.8. The molecule has 1 fully saturated rings. The molecule has 1 aliphatic heterocycles. The average molecular weight is 398 g/mol. The molecule has 0 N–H and O–H groups in total. The Hall–Kier alpha value is -0.830. The van der Waals surface area contributed by atoms with Crippen LogP contribution in [0.1, 0.15) is 48.5 Å². The maximum absolute atomic E-state index is 12.8. The third-order valence-electron chi connectivity index (χ3n) is 3.92. The van der Waals surface area contributed by atoms with Crippen molar-refractivity contribution in [1.82, 2.24) is 0 Å². The Morgan fingerprint density at radius 1 is 0.692 bits per heavy atom. The van der Waals surface area contributed by atoms with E-state index >= 15 is 0 Å². The summed E-state index contributed by atoms with van der Waals surface area (Å²) in [6.45, 7) is 11.6. The first-order valence-electron chi connectivity index (χ1n) is 8.87. The van der Waals surface area contributed by atoms with E-state index in [9.17, 15) is 9.59 Å². The second kappa shape index (κ2) is 8.46. The zero-order chi connectivity index (χ0) is 20.1. The summed E-state index contributed by atoms with van der Waals surface area (Å²) in [5.74, 6) is -1.61. The normalized spacial score (nSPS) is 31.0. The van der Waals surface area contributed by atoms with E-state index in [2.05, 4.69) is 0 Å². The molecular formula is C16H31O9P. The van der Waals surface area contributed by atoms with Gasteiger partial charge in [0, 0.05) is 0 Å². The van der Waals surface area contributed by atoms with Crippen LogP contribution in [0.2, 0.25) is 0 Å². The van der Waals surface area contributed by atoms with Crippen molar-refractivity contribution in [1.29, 1.82) is 0 Å². The molecule has 1 heterocycles. The number of hydrogen-bond acceptors (Lipinski definition) is 9. The topological polar surface area (TPSA) is 98.8 Å². The van der Waals surface area contributed by atoms with Gasteiger partial charge in [0.15, 0.2) is 0 Å². The van der Waals surface area contributed by atoms with Crippen molar-refractivity contribution in [2.75, 3.05) is 33.0 Å². The van der Waals surface area contributed by atoms with Gasteiger partial charge in [-0.2, -0.15) is 0 Å². The Labute approximate surface area is 154 Å². The predicted molar refractivity (Wildman–Crippen MR) is 94.0 cm³/mol. The van der Waals surface area contributed by atoms with Crippen molar-refractivity contribution in [2.45, 2.75) is 59.7 Å². The van der Waals surface area contributed by atoms with Gasteiger partial charge >= 0.3 is 154 Å². The van der Waals surface area contributed by atoms with E-state index in [1.54, 1.807) is 34.6 Å². The summed E-state index contributed by atoms with van der Waals surface area (Å²) < 4.78 is 39.5. The van der Waals surface area contributed by atoms with Gasteiger partial charge in [0.2, 0.25) is 0 Å². The Morgan fingerprint density at radius 3 is 1.23 bits per heavy atom. The van der Waals surface area contributed by atoms with Crippen LogP contribution in [-0.4, -0.2) is 56.2 Å². The van der Waals surface area contributed by atoms with Gasteiger partial charge in [0.1, 0.15) is 0 Å². The molecule has 2 atom stereocenters. The summed E-state index contributed by atoms with van der Waals surface area (Å²) in [4.78, 5) is 25.5. The first-order valence-corrected chi connectivity index (χ1v) is 10.7. The molecule has 0 radical (unpaired) electrons. The molecule has 0 aromatic heterocycles. The van der Waals surface area contributed by atoms with Crippen LogP contribution in [0, 0.1) is 0 Å².